The second-order valence-corrected chi connectivity index (χ2v) is 11.8. The third kappa shape index (κ3) is 4.54. The Hall–Kier alpha value is -3.20. The Labute approximate surface area is 230 Å². The van der Waals surface area contributed by atoms with E-state index in [9.17, 15) is 0 Å². The first-order valence-electron chi connectivity index (χ1n) is 14.5. The molecule has 2 unspecified atom stereocenters. The van der Waals surface area contributed by atoms with Crippen molar-refractivity contribution in [3.8, 4) is 22.3 Å². The molecule has 3 aromatic heterocycles. The summed E-state index contributed by atoms with van der Waals surface area (Å²) in [6, 6.07) is 10.7. The highest BCUT2D eigenvalue weighted by Crippen LogP contribution is 2.40. The number of rotatable bonds is 7. The molecule has 0 aliphatic carbocycles. The van der Waals surface area contributed by atoms with Gasteiger partial charge in [0.1, 0.15) is 5.65 Å². The van der Waals surface area contributed by atoms with Crippen molar-refractivity contribution >= 4 is 16.7 Å². The van der Waals surface area contributed by atoms with E-state index in [-0.39, 0.29) is 0 Å². The Morgan fingerprint density at radius 2 is 1.82 bits per heavy atom. The Balaban J connectivity index is 1.19. The number of ether oxygens (including phenoxy) is 1. The number of morpholine rings is 1. The van der Waals surface area contributed by atoms with Gasteiger partial charge < -0.3 is 24.4 Å². The Kier molecular flexibility index (Phi) is 6.41. The molecular weight excluding hydrogens is 486 g/mol. The molecule has 4 aromatic rings. The van der Waals surface area contributed by atoms with E-state index >= 15 is 0 Å². The Morgan fingerprint density at radius 3 is 2.56 bits per heavy atom. The topological polar surface area (TPSA) is 65.5 Å². The lowest BCUT2D eigenvalue weighted by molar-refractivity contribution is 0.0101. The maximum atomic E-state index is 5.75. The van der Waals surface area contributed by atoms with Gasteiger partial charge in [-0.15, -0.1) is 0 Å². The number of nitrogens with one attached hydrogen (secondary N) is 1. The van der Waals surface area contributed by atoms with Crippen LogP contribution in [0.1, 0.15) is 37.8 Å². The molecule has 0 spiro atoms. The molecule has 8 heteroatoms. The monoisotopic (exact) mass is 525 g/mol. The zero-order valence-corrected chi connectivity index (χ0v) is 23.3. The summed E-state index contributed by atoms with van der Waals surface area (Å²) < 4.78 is 7.93. The van der Waals surface area contributed by atoms with Crippen molar-refractivity contribution in [1.82, 2.24) is 29.5 Å². The zero-order chi connectivity index (χ0) is 26.5. The van der Waals surface area contributed by atoms with E-state index in [1.807, 2.05) is 12.4 Å². The minimum absolute atomic E-state index is 0.478. The van der Waals surface area contributed by atoms with Crippen molar-refractivity contribution in [1.29, 1.82) is 0 Å². The van der Waals surface area contributed by atoms with Gasteiger partial charge in [0.2, 0.25) is 0 Å². The lowest BCUT2D eigenvalue weighted by Crippen LogP contribution is -2.64. The third-order valence-electron chi connectivity index (χ3n) is 8.95. The van der Waals surface area contributed by atoms with E-state index in [0.29, 0.717) is 18.1 Å². The van der Waals surface area contributed by atoms with Crippen molar-refractivity contribution in [2.75, 3.05) is 51.8 Å². The molecule has 39 heavy (non-hydrogen) atoms. The number of fused-ring (bicyclic) bond motifs is 3. The number of benzene rings is 1. The van der Waals surface area contributed by atoms with Gasteiger partial charge in [0.15, 0.2) is 0 Å². The molecule has 204 valence electrons. The smallest absolute Gasteiger partial charge is 0.137 e. The van der Waals surface area contributed by atoms with Crippen LogP contribution >= 0.6 is 0 Å². The quantitative estimate of drug-likeness (QED) is 0.374. The summed E-state index contributed by atoms with van der Waals surface area (Å²) in [6.07, 6.45) is 11.9. The fraction of sp³-hybridized carbons (Fsp3) is 0.484. The van der Waals surface area contributed by atoms with Gasteiger partial charge in [-0.2, -0.15) is 5.10 Å². The number of anilines is 1. The summed E-state index contributed by atoms with van der Waals surface area (Å²) in [7, 11) is 4.28. The van der Waals surface area contributed by atoms with Gasteiger partial charge in [-0.1, -0.05) is 13.0 Å². The van der Waals surface area contributed by atoms with Gasteiger partial charge >= 0.3 is 0 Å². The molecule has 6 heterocycles. The summed E-state index contributed by atoms with van der Waals surface area (Å²) >= 11 is 0. The van der Waals surface area contributed by atoms with Crippen LogP contribution in [0.15, 0.2) is 49.1 Å². The minimum atomic E-state index is 0.478. The summed E-state index contributed by atoms with van der Waals surface area (Å²) in [5.74, 6) is 0. The standard InChI is InChI=1S/C31H39N7O/c1-4-36-9-7-25(8-10-36)37-18-24(15-34-37)29-16-33-31-28(29)12-22(14-32-31)21-5-6-30(23(11-21)17-35(2)3)38-26-13-27(38)20-39-19-26/h5-6,11-12,14-16,18,25-27H,4,7-10,13,17,19-20H2,1-3H3,(H,32,33). The third-order valence-corrected chi connectivity index (χ3v) is 8.95. The highest BCUT2D eigenvalue weighted by molar-refractivity contribution is 5.95. The van der Waals surface area contributed by atoms with Crippen LogP contribution in [-0.4, -0.2) is 88.6 Å². The molecule has 3 aliphatic rings. The van der Waals surface area contributed by atoms with Crippen LogP contribution in [0.3, 0.4) is 0 Å². The number of hydrogen-bond donors (Lipinski definition) is 1. The van der Waals surface area contributed by atoms with E-state index < -0.39 is 0 Å². The number of pyridine rings is 1. The van der Waals surface area contributed by atoms with Crippen molar-refractivity contribution in [3.63, 3.8) is 0 Å². The first kappa shape index (κ1) is 24.8. The van der Waals surface area contributed by atoms with Crippen molar-refractivity contribution < 1.29 is 4.74 Å². The Morgan fingerprint density at radius 1 is 1.00 bits per heavy atom. The van der Waals surface area contributed by atoms with Gasteiger partial charge in [0.05, 0.1) is 37.5 Å². The van der Waals surface area contributed by atoms with Gasteiger partial charge in [0, 0.05) is 66.0 Å². The maximum Gasteiger partial charge on any atom is 0.137 e. The second-order valence-electron chi connectivity index (χ2n) is 11.8. The number of nitrogens with zero attached hydrogens (tertiary/aromatic N) is 6. The summed E-state index contributed by atoms with van der Waals surface area (Å²) in [5.41, 5.74) is 8.28. The van der Waals surface area contributed by atoms with Crippen molar-refractivity contribution in [2.45, 2.75) is 50.9 Å². The fourth-order valence-corrected chi connectivity index (χ4v) is 6.79. The molecule has 1 N–H and O–H groups in total. The molecule has 3 aliphatic heterocycles. The van der Waals surface area contributed by atoms with Crippen molar-refractivity contribution in [3.05, 3.63) is 54.6 Å². The van der Waals surface area contributed by atoms with E-state index in [1.54, 1.807) is 0 Å². The number of piperidine rings is 1. The van der Waals surface area contributed by atoms with Crippen LogP contribution in [-0.2, 0) is 11.3 Å². The molecule has 0 radical (unpaired) electrons. The van der Waals surface area contributed by atoms with Crippen LogP contribution in [0.25, 0.3) is 33.3 Å². The molecule has 2 atom stereocenters. The number of hydrogen-bond acceptors (Lipinski definition) is 6. The zero-order valence-electron chi connectivity index (χ0n) is 23.3. The molecule has 3 saturated heterocycles. The minimum Gasteiger partial charge on any atom is -0.377 e. The van der Waals surface area contributed by atoms with Gasteiger partial charge in [-0.05, 0) is 69.2 Å². The number of aromatic amines is 1. The maximum absolute atomic E-state index is 5.75. The van der Waals surface area contributed by atoms with Gasteiger partial charge in [-0.3, -0.25) is 4.68 Å². The van der Waals surface area contributed by atoms with E-state index in [2.05, 4.69) is 82.0 Å². The van der Waals surface area contributed by atoms with Crippen LogP contribution in [0.5, 0.6) is 0 Å². The normalized spacial score (nSPS) is 22.1. The molecule has 7 rings (SSSR count). The van der Waals surface area contributed by atoms with Crippen LogP contribution < -0.4 is 4.90 Å². The average molecular weight is 526 g/mol. The van der Waals surface area contributed by atoms with E-state index in [0.717, 1.165) is 80.0 Å². The summed E-state index contributed by atoms with van der Waals surface area (Å²) in [6.45, 7) is 8.26. The molecule has 1 aromatic carbocycles. The first-order valence-corrected chi connectivity index (χ1v) is 14.5. The summed E-state index contributed by atoms with van der Waals surface area (Å²) in [4.78, 5) is 15.6. The number of H-pyrrole nitrogens is 1. The largest absolute Gasteiger partial charge is 0.377 e. The Bertz CT molecular complexity index is 1450. The predicted octanol–water partition coefficient (Wildman–Crippen LogP) is 4.79. The SMILES string of the molecule is CCN1CCC(n2cc(-c3c[nH]c4ncc(-c5ccc(N6C7COCC6C7)c(CN(C)C)c5)cc34)cn2)CC1. The van der Waals surface area contributed by atoms with Gasteiger partial charge in [-0.25, -0.2) is 4.98 Å². The first-order chi connectivity index (χ1) is 19.1. The van der Waals surface area contributed by atoms with E-state index in [1.165, 1.54) is 23.2 Å². The fourth-order valence-electron chi connectivity index (χ4n) is 6.79. The molecule has 3 fully saturated rings. The molecule has 8 nitrogen and oxygen atoms in total. The number of likely N-dealkylation sites (tertiary alicyclic amines) is 1. The summed E-state index contributed by atoms with van der Waals surface area (Å²) in [5, 5.41) is 5.92. The predicted molar refractivity (Wildman–Crippen MR) is 156 cm³/mol. The van der Waals surface area contributed by atoms with Gasteiger partial charge in [0.25, 0.3) is 0 Å². The molecule has 0 amide bonds. The average Bonchev–Trinajstić information content (AvgIpc) is 3.61. The highest BCUT2D eigenvalue weighted by Gasteiger charge is 2.43. The lowest BCUT2D eigenvalue weighted by atomic mass is 9.88. The van der Waals surface area contributed by atoms with E-state index in [4.69, 9.17) is 14.8 Å². The van der Waals surface area contributed by atoms with Crippen LogP contribution in [0, 0.1) is 0 Å². The lowest BCUT2D eigenvalue weighted by Gasteiger charge is -2.54. The second kappa shape index (κ2) is 10.1. The van der Waals surface area contributed by atoms with Crippen LogP contribution in [0.4, 0.5) is 5.69 Å². The molecule has 0 saturated carbocycles. The molecular formula is C31H39N7O. The van der Waals surface area contributed by atoms with Crippen LogP contribution in [0.2, 0.25) is 0 Å². The highest BCUT2D eigenvalue weighted by atomic mass is 16.5. The number of aromatic nitrogens is 4. The van der Waals surface area contributed by atoms with Crippen molar-refractivity contribution in [2.24, 2.45) is 0 Å². The molecule has 2 bridgehead atoms.